The van der Waals surface area contributed by atoms with Crippen molar-refractivity contribution in [2.75, 3.05) is 13.7 Å². The summed E-state index contributed by atoms with van der Waals surface area (Å²) in [5, 5.41) is 0. The van der Waals surface area contributed by atoms with Crippen LogP contribution in [0.15, 0.2) is 0 Å². The van der Waals surface area contributed by atoms with Crippen LogP contribution in [0.25, 0.3) is 0 Å². The van der Waals surface area contributed by atoms with Gasteiger partial charge in [0.05, 0.1) is 7.11 Å². The highest BCUT2D eigenvalue weighted by Crippen LogP contribution is 2.26. The third kappa shape index (κ3) is 3.62. The van der Waals surface area contributed by atoms with Gasteiger partial charge in [-0.2, -0.15) is 0 Å². The van der Waals surface area contributed by atoms with E-state index in [1.165, 1.54) is 12.0 Å². The van der Waals surface area contributed by atoms with Crippen molar-refractivity contribution in [1.82, 2.24) is 4.90 Å². The monoisotopic (exact) mass is 257 g/mol. The summed E-state index contributed by atoms with van der Waals surface area (Å²) >= 11 is 0. The van der Waals surface area contributed by atoms with Gasteiger partial charge in [0.15, 0.2) is 0 Å². The molecule has 2 atom stereocenters. The van der Waals surface area contributed by atoms with E-state index in [1.54, 1.807) is 0 Å². The minimum absolute atomic E-state index is 0.0960. The average molecular weight is 257 g/mol. The van der Waals surface area contributed by atoms with Crippen molar-refractivity contribution in [3.05, 3.63) is 0 Å². The molecule has 1 aliphatic rings. The second-order valence-electron chi connectivity index (χ2n) is 5.76. The molecule has 0 N–H and O–H groups in total. The molecule has 0 spiro atoms. The van der Waals surface area contributed by atoms with E-state index in [0.29, 0.717) is 6.54 Å². The Bertz CT molecular complexity index is 321. The average Bonchev–Trinajstić information content (AvgIpc) is 2.25. The summed E-state index contributed by atoms with van der Waals surface area (Å²) in [5.74, 6) is -0.272. The molecule has 18 heavy (non-hydrogen) atoms. The van der Waals surface area contributed by atoms with Gasteiger partial charge in [0.25, 0.3) is 0 Å². The molecule has 0 aromatic carbocycles. The normalized spacial score (nSPS) is 24.6. The number of rotatable bonds is 1. The largest absolute Gasteiger partial charge is 0.467 e. The zero-order valence-corrected chi connectivity index (χ0v) is 11.9. The smallest absolute Gasteiger partial charge is 0.411 e. The fourth-order valence-electron chi connectivity index (χ4n) is 2.19. The highest BCUT2D eigenvalue weighted by atomic mass is 16.6. The lowest BCUT2D eigenvalue weighted by molar-refractivity contribution is -0.150. The number of piperidine rings is 1. The molecule has 1 aliphatic heterocycles. The lowest BCUT2D eigenvalue weighted by Crippen LogP contribution is -2.53. The molecule has 0 aromatic heterocycles. The molecule has 0 radical (unpaired) electrons. The number of esters is 1. The summed E-state index contributed by atoms with van der Waals surface area (Å²) in [6.07, 6.45) is 1.36. The number of ether oxygens (including phenoxy) is 2. The third-order valence-corrected chi connectivity index (χ3v) is 3.00. The van der Waals surface area contributed by atoms with Crippen molar-refractivity contribution < 1.29 is 19.1 Å². The highest BCUT2D eigenvalue weighted by Gasteiger charge is 2.39. The van der Waals surface area contributed by atoms with E-state index in [-0.39, 0.29) is 11.9 Å². The Balaban J connectivity index is 2.82. The molecule has 1 rings (SSSR count). The molecule has 1 amide bonds. The van der Waals surface area contributed by atoms with Crippen LogP contribution in [0.5, 0.6) is 0 Å². The van der Waals surface area contributed by atoms with Gasteiger partial charge < -0.3 is 9.47 Å². The molecule has 1 fully saturated rings. The summed E-state index contributed by atoms with van der Waals surface area (Å²) in [4.78, 5) is 25.4. The zero-order chi connectivity index (χ0) is 13.9. The van der Waals surface area contributed by atoms with Gasteiger partial charge in [0.2, 0.25) is 0 Å². The molecular formula is C13H23NO4. The van der Waals surface area contributed by atoms with E-state index in [0.717, 1.165) is 12.8 Å². The van der Waals surface area contributed by atoms with Gasteiger partial charge in [-0.25, -0.2) is 9.59 Å². The zero-order valence-electron chi connectivity index (χ0n) is 11.9. The fourth-order valence-corrected chi connectivity index (χ4v) is 2.19. The summed E-state index contributed by atoms with van der Waals surface area (Å²) in [6, 6.07) is -0.529. The molecule has 1 heterocycles. The number of likely N-dealkylation sites (tertiary alicyclic amines) is 1. The van der Waals surface area contributed by atoms with Crippen molar-refractivity contribution >= 4 is 12.1 Å². The second kappa shape index (κ2) is 5.59. The van der Waals surface area contributed by atoms with Crippen LogP contribution in [-0.2, 0) is 14.3 Å². The van der Waals surface area contributed by atoms with E-state index in [1.807, 2.05) is 27.7 Å². The first-order valence-electron chi connectivity index (χ1n) is 6.33. The summed E-state index contributed by atoms with van der Waals surface area (Å²) in [7, 11) is 1.34. The second-order valence-corrected chi connectivity index (χ2v) is 5.76. The van der Waals surface area contributed by atoms with Gasteiger partial charge in [-0.3, -0.25) is 4.90 Å². The summed E-state index contributed by atoms with van der Waals surface area (Å²) in [5.41, 5.74) is -0.557. The third-order valence-electron chi connectivity index (χ3n) is 3.00. The van der Waals surface area contributed by atoms with Crippen molar-refractivity contribution in [2.24, 2.45) is 5.92 Å². The number of hydrogen-bond donors (Lipinski definition) is 0. The van der Waals surface area contributed by atoms with E-state index >= 15 is 0 Å². The first-order chi connectivity index (χ1) is 8.26. The van der Waals surface area contributed by atoms with Gasteiger partial charge in [0.1, 0.15) is 11.6 Å². The van der Waals surface area contributed by atoms with Crippen LogP contribution in [0.1, 0.15) is 40.5 Å². The van der Waals surface area contributed by atoms with Crippen LogP contribution in [0.4, 0.5) is 4.79 Å². The number of methoxy groups -OCH3 is 1. The lowest BCUT2D eigenvalue weighted by Gasteiger charge is -2.38. The Labute approximate surface area is 108 Å². The number of carbonyl (C=O) groups excluding carboxylic acids is 2. The van der Waals surface area contributed by atoms with E-state index in [9.17, 15) is 9.59 Å². The predicted molar refractivity (Wildman–Crippen MR) is 67.1 cm³/mol. The van der Waals surface area contributed by atoms with Crippen LogP contribution in [0, 0.1) is 5.92 Å². The van der Waals surface area contributed by atoms with Crippen LogP contribution >= 0.6 is 0 Å². The number of hydrogen-bond acceptors (Lipinski definition) is 4. The first-order valence-corrected chi connectivity index (χ1v) is 6.33. The molecule has 1 saturated heterocycles. The SMILES string of the molecule is COC(=O)[C@@H]1[C@H](C)CCCN1C(=O)OC(C)(C)C. The van der Waals surface area contributed by atoms with Crippen LogP contribution in [0.2, 0.25) is 0 Å². The Morgan fingerprint density at radius 3 is 2.39 bits per heavy atom. The standard InChI is InChI=1S/C13H23NO4/c1-9-7-6-8-14(10(9)11(15)17-5)12(16)18-13(2,3)4/h9-10H,6-8H2,1-5H3/t9-,10+/m1/s1. The fraction of sp³-hybridized carbons (Fsp3) is 0.846. The van der Waals surface area contributed by atoms with Crippen LogP contribution < -0.4 is 0 Å². The highest BCUT2D eigenvalue weighted by molar-refractivity contribution is 5.82. The van der Waals surface area contributed by atoms with E-state index in [4.69, 9.17) is 9.47 Å². The molecule has 5 nitrogen and oxygen atoms in total. The van der Waals surface area contributed by atoms with Gasteiger partial charge in [-0.15, -0.1) is 0 Å². The number of nitrogens with zero attached hydrogens (tertiary/aromatic N) is 1. The maximum Gasteiger partial charge on any atom is 0.411 e. The van der Waals surface area contributed by atoms with Crippen molar-refractivity contribution in [1.29, 1.82) is 0 Å². The minimum Gasteiger partial charge on any atom is -0.467 e. The maximum absolute atomic E-state index is 12.1. The van der Waals surface area contributed by atoms with E-state index in [2.05, 4.69) is 0 Å². The minimum atomic E-state index is -0.557. The summed E-state index contributed by atoms with van der Waals surface area (Å²) < 4.78 is 10.1. The Morgan fingerprint density at radius 1 is 1.28 bits per heavy atom. The van der Waals surface area contributed by atoms with Crippen LogP contribution in [-0.4, -0.2) is 42.3 Å². The molecule has 104 valence electrons. The molecule has 0 unspecified atom stereocenters. The number of carbonyl (C=O) groups is 2. The Morgan fingerprint density at radius 2 is 1.89 bits per heavy atom. The molecule has 0 bridgehead atoms. The molecule has 0 aliphatic carbocycles. The molecule has 0 aromatic rings. The van der Waals surface area contributed by atoms with Gasteiger partial charge in [-0.05, 0) is 39.5 Å². The van der Waals surface area contributed by atoms with Crippen molar-refractivity contribution in [3.8, 4) is 0 Å². The lowest BCUT2D eigenvalue weighted by atomic mass is 9.91. The molecular weight excluding hydrogens is 234 g/mol. The summed E-state index contributed by atoms with van der Waals surface area (Å²) in [6.45, 7) is 7.93. The van der Waals surface area contributed by atoms with Crippen LogP contribution in [0.3, 0.4) is 0 Å². The first kappa shape index (κ1) is 14.8. The van der Waals surface area contributed by atoms with Crippen molar-refractivity contribution in [3.63, 3.8) is 0 Å². The topological polar surface area (TPSA) is 55.8 Å². The van der Waals surface area contributed by atoms with Gasteiger partial charge in [0, 0.05) is 6.54 Å². The van der Waals surface area contributed by atoms with Crippen molar-refractivity contribution in [2.45, 2.75) is 52.2 Å². The number of amides is 1. The maximum atomic E-state index is 12.1. The quantitative estimate of drug-likeness (QED) is 0.676. The molecule has 0 saturated carbocycles. The Hall–Kier alpha value is -1.26. The van der Waals surface area contributed by atoms with E-state index < -0.39 is 17.7 Å². The van der Waals surface area contributed by atoms with Gasteiger partial charge in [-0.1, -0.05) is 6.92 Å². The van der Waals surface area contributed by atoms with Gasteiger partial charge >= 0.3 is 12.1 Å². The predicted octanol–water partition coefficient (Wildman–Crippen LogP) is 2.20. The Kier molecular flexibility index (Phi) is 4.59. The molecule has 5 heteroatoms.